The Kier molecular flexibility index (Phi) is 24.0. The monoisotopic (exact) mass is 672 g/mol. The lowest BCUT2D eigenvalue weighted by molar-refractivity contribution is -0.145. The summed E-state index contributed by atoms with van der Waals surface area (Å²) in [4.78, 5) is 52.0. The SMILES string of the molecule is CC(C)CCO.CC(C)CCOC(=O)CCC(C)(C)C(CC(C)(C)C)N1CCCC1=O.CCC(N(C)CCC(=O)O)N(CC)C(C)=O. The smallest absolute Gasteiger partial charge is 0.305 e. The molecule has 278 valence electrons. The molecule has 2 amide bonds. The van der Waals surface area contributed by atoms with Gasteiger partial charge in [-0.2, -0.15) is 0 Å². The van der Waals surface area contributed by atoms with E-state index in [1.807, 2.05) is 25.8 Å². The Bertz CT molecular complexity index is 899. The van der Waals surface area contributed by atoms with Crippen LogP contribution in [0.25, 0.3) is 0 Å². The number of carbonyl (C=O) groups excluding carboxylic acids is 3. The van der Waals surface area contributed by atoms with E-state index < -0.39 is 5.97 Å². The number of carbonyl (C=O) groups is 4. The van der Waals surface area contributed by atoms with E-state index in [2.05, 4.69) is 67.2 Å². The normalized spacial score (nSPS) is 14.7. The molecule has 0 spiro atoms. The number of carboxylic acids is 1. The third-order valence-electron chi connectivity index (χ3n) is 8.49. The molecule has 0 saturated carbocycles. The van der Waals surface area contributed by atoms with E-state index in [0.717, 1.165) is 45.1 Å². The largest absolute Gasteiger partial charge is 0.481 e. The van der Waals surface area contributed by atoms with Crippen molar-refractivity contribution in [3.05, 3.63) is 0 Å². The number of rotatable bonds is 18. The summed E-state index contributed by atoms with van der Waals surface area (Å²) in [7, 11) is 1.85. The van der Waals surface area contributed by atoms with Crippen molar-refractivity contribution in [3.63, 3.8) is 0 Å². The van der Waals surface area contributed by atoms with E-state index in [1.165, 1.54) is 6.92 Å². The van der Waals surface area contributed by atoms with Gasteiger partial charge in [0.15, 0.2) is 0 Å². The minimum Gasteiger partial charge on any atom is -0.481 e. The number of carboxylic acid groups (broad SMARTS) is 1. The van der Waals surface area contributed by atoms with Crippen LogP contribution in [0.3, 0.4) is 0 Å². The summed E-state index contributed by atoms with van der Waals surface area (Å²) >= 11 is 0. The van der Waals surface area contributed by atoms with Crippen molar-refractivity contribution in [1.29, 1.82) is 0 Å². The van der Waals surface area contributed by atoms with E-state index in [4.69, 9.17) is 14.9 Å². The van der Waals surface area contributed by atoms with Gasteiger partial charge in [0.25, 0.3) is 0 Å². The summed E-state index contributed by atoms with van der Waals surface area (Å²) in [5, 5.41) is 16.9. The predicted molar refractivity (Wildman–Crippen MR) is 191 cm³/mol. The Labute approximate surface area is 288 Å². The number of ether oxygens (including phenoxy) is 1. The van der Waals surface area contributed by atoms with E-state index in [0.29, 0.717) is 51.0 Å². The fraction of sp³-hybridized carbons (Fsp3) is 0.892. The van der Waals surface area contributed by atoms with Gasteiger partial charge in [-0.3, -0.25) is 24.1 Å². The summed E-state index contributed by atoms with van der Waals surface area (Å²) in [5.41, 5.74) is 0.0347. The highest BCUT2D eigenvalue weighted by Gasteiger charge is 2.40. The van der Waals surface area contributed by atoms with Gasteiger partial charge in [0.1, 0.15) is 0 Å². The number of nitrogens with zero attached hydrogens (tertiary/aromatic N) is 3. The topological polar surface area (TPSA) is 128 Å². The zero-order valence-electron chi connectivity index (χ0n) is 32.5. The minimum absolute atomic E-state index is 0.0122. The second-order valence-electron chi connectivity index (χ2n) is 15.6. The first-order chi connectivity index (χ1) is 21.6. The van der Waals surface area contributed by atoms with E-state index in [9.17, 15) is 19.2 Å². The first-order valence-electron chi connectivity index (χ1n) is 17.9. The van der Waals surface area contributed by atoms with Crippen LogP contribution in [0.15, 0.2) is 0 Å². The number of aliphatic hydroxyl groups is 1. The molecule has 1 aliphatic heterocycles. The Balaban J connectivity index is 0. The van der Waals surface area contributed by atoms with Crippen LogP contribution in [0.4, 0.5) is 0 Å². The molecule has 0 aliphatic carbocycles. The van der Waals surface area contributed by atoms with Gasteiger partial charge in [-0.15, -0.1) is 0 Å². The molecule has 0 aromatic heterocycles. The minimum atomic E-state index is -0.812. The van der Waals surface area contributed by atoms with Crippen LogP contribution in [0.5, 0.6) is 0 Å². The molecule has 10 heteroatoms. The molecule has 0 aromatic rings. The van der Waals surface area contributed by atoms with Gasteiger partial charge in [-0.05, 0) is 75.2 Å². The number of likely N-dealkylation sites (tertiary alicyclic amines) is 1. The van der Waals surface area contributed by atoms with Crippen molar-refractivity contribution in [3.8, 4) is 0 Å². The molecular formula is C37H73N3O7. The molecule has 1 fully saturated rings. The maximum atomic E-state index is 12.3. The van der Waals surface area contributed by atoms with Crippen molar-refractivity contribution in [1.82, 2.24) is 14.7 Å². The van der Waals surface area contributed by atoms with E-state index >= 15 is 0 Å². The maximum absolute atomic E-state index is 12.3. The number of aliphatic carboxylic acids is 1. The van der Waals surface area contributed by atoms with Crippen LogP contribution in [0.1, 0.15) is 141 Å². The Morgan fingerprint density at radius 2 is 1.55 bits per heavy atom. The van der Waals surface area contributed by atoms with E-state index in [1.54, 1.807) is 4.90 Å². The van der Waals surface area contributed by atoms with Crippen molar-refractivity contribution in [2.24, 2.45) is 22.7 Å². The van der Waals surface area contributed by atoms with Crippen LogP contribution in [-0.4, -0.2) is 101 Å². The molecule has 1 heterocycles. The fourth-order valence-corrected chi connectivity index (χ4v) is 5.55. The average molecular weight is 672 g/mol. The van der Waals surface area contributed by atoms with Crippen molar-refractivity contribution >= 4 is 23.8 Å². The van der Waals surface area contributed by atoms with Crippen molar-refractivity contribution < 1.29 is 34.1 Å². The average Bonchev–Trinajstić information content (AvgIpc) is 3.37. The number of aliphatic hydroxyl groups excluding tert-OH is 1. The summed E-state index contributed by atoms with van der Waals surface area (Å²) in [6.45, 7) is 27.7. The molecule has 2 atom stereocenters. The van der Waals surface area contributed by atoms with Crippen LogP contribution >= 0.6 is 0 Å². The zero-order chi connectivity index (χ0) is 37.0. The zero-order valence-corrected chi connectivity index (χ0v) is 32.5. The third kappa shape index (κ3) is 22.1. The second kappa shape index (κ2) is 24.0. The summed E-state index contributed by atoms with van der Waals surface area (Å²) in [6.07, 6.45) is 6.46. The van der Waals surface area contributed by atoms with Gasteiger partial charge in [0, 0.05) is 52.0 Å². The van der Waals surface area contributed by atoms with Crippen LogP contribution in [0.2, 0.25) is 0 Å². The highest BCUT2D eigenvalue weighted by atomic mass is 16.5. The molecule has 2 unspecified atom stereocenters. The van der Waals surface area contributed by atoms with Crippen LogP contribution < -0.4 is 0 Å². The van der Waals surface area contributed by atoms with Crippen LogP contribution in [-0.2, 0) is 23.9 Å². The fourth-order valence-electron chi connectivity index (χ4n) is 5.55. The summed E-state index contributed by atoms with van der Waals surface area (Å²) in [6, 6.07) is 0.172. The standard InChI is InChI=1S/C21H39NO3.C11H22N2O3.C5H12O/c1-16(2)11-14-25-19(24)10-12-21(6,7)17(15-20(3,4)5)22-13-8-9-18(22)23;1-5-10(13(6-2)9(3)14)12(4)8-7-11(15)16;1-5(2)3-4-6/h16-17H,8-15H2,1-7H3;10H,5-8H2,1-4H3,(H,15,16);5-6H,3-4H2,1-2H3. The van der Waals surface area contributed by atoms with Gasteiger partial charge in [-0.25, -0.2) is 0 Å². The van der Waals surface area contributed by atoms with Crippen LogP contribution in [0, 0.1) is 22.7 Å². The number of esters is 1. The van der Waals surface area contributed by atoms with Gasteiger partial charge < -0.3 is 24.7 Å². The van der Waals surface area contributed by atoms with Gasteiger partial charge >= 0.3 is 11.9 Å². The van der Waals surface area contributed by atoms with Gasteiger partial charge in [0.2, 0.25) is 11.8 Å². The van der Waals surface area contributed by atoms with Crippen molar-refractivity contribution in [2.45, 2.75) is 153 Å². The Hall–Kier alpha value is -2.20. The quantitative estimate of drug-likeness (QED) is 0.120. The van der Waals surface area contributed by atoms with Gasteiger partial charge in [-0.1, -0.05) is 69.2 Å². The molecule has 0 radical (unpaired) electrons. The molecule has 0 bridgehead atoms. The first-order valence-corrected chi connectivity index (χ1v) is 17.9. The molecule has 0 aromatic carbocycles. The molecule has 2 N–H and O–H groups in total. The summed E-state index contributed by atoms with van der Waals surface area (Å²) < 4.78 is 5.36. The molecule has 1 aliphatic rings. The van der Waals surface area contributed by atoms with E-state index in [-0.39, 0.29) is 47.2 Å². The second-order valence-corrected chi connectivity index (χ2v) is 15.6. The lowest BCUT2D eigenvalue weighted by Gasteiger charge is -2.43. The molecule has 1 saturated heterocycles. The molecule has 10 nitrogen and oxygen atoms in total. The van der Waals surface area contributed by atoms with Crippen molar-refractivity contribution in [2.75, 3.05) is 39.9 Å². The Morgan fingerprint density at radius 1 is 0.979 bits per heavy atom. The third-order valence-corrected chi connectivity index (χ3v) is 8.49. The highest BCUT2D eigenvalue weighted by Crippen LogP contribution is 2.39. The lowest BCUT2D eigenvalue weighted by atomic mass is 9.72. The highest BCUT2D eigenvalue weighted by molar-refractivity contribution is 5.78. The molecule has 47 heavy (non-hydrogen) atoms. The predicted octanol–water partition coefficient (Wildman–Crippen LogP) is 6.83. The van der Waals surface area contributed by atoms with Gasteiger partial charge in [0.05, 0.1) is 19.2 Å². The number of amides is 2. The first kappa shape index (κ1) is 46.9. The summed E-state index contributed by atoms with van der Waals surface area (Å²) in [5.74, 6) is 0.554. The molecule has 1 rings (SSSR count). The maximum Gasteiger partial charge on any atom is 0.305 e. The number of hydrogen-bond donors (Lipinski definition) is 2. The Morgan fingerprint density at radius 3 is 1.91 bits per heavy atom. The lowest BCUT2D eigenvalue weighted by Crippen LogP contribution is -2.48. The number of hydrogen-bond acceptors (Lipinski definition) is 7. The molecular weight excluding hydrogens is 598 g/mol.